The van der Waals surface area contributed by atoms with Crippen LogP contribution in [0.25, 0.3) is 0 Å². The highest BCUT2D eigenvalue weighted by Crippen LogP contribution is 2.28. The van der Waals surface area contributed by atoms with Crippen LogP contribution in [0.5, 0.6) is 23.0 Å². The molecule has 0 aromatic heterocycles. The molecule has 2 amide bonds. The van der Waals surface area contributed by atoms with Crippen LogP contribution in [0.2, 0.25) is 0 Å². The minimum absolute atomic E-state index is 0.00321. The van der Waals surface area contributed by atoms with Gasteiger partial charge in [-0.25, -0.2) is 4.79 Å². The van der Waals surface area contributed by atoms with Gasteiger partial charge in [0.15, 0.2) is 11.5 Å². The summed E-state index contributed by atoms with van der Waals surface area (Å²) in [4.78, 5) is 51.6. The molecule has 51 heavy (non-hydrogen) atoms. The van der Waals surface area contributed by atoms with Crippen molar-refractivity contribution < 1.29 is 43.2 Å². The van der Waals surface area contributed by atoms with E-state index in [0.717, 1.165) is 18.4 Å². The maximum atomic E-state index is 13.4. The maximum Gasteiger partial charge on any atom is 0.343 e. The topological polar surface area (TPSA) is 141 Å². The number of benzene rings is 4. The minimum atomic E-state index is -1.17. The molecular formula is C40H44N2O9. The number of nitrogens with zero attached hydrogens (tertiary/aromatic N) is 1. The SMILES string of the molecule is CCCCCCCOc1ccc(C(=O)Oc2ccc(CN(CC(=O)O)C(=O)c3ccc(NC(=O)Cc4ccc(OC)c(OC)c4)cc3)cc2)cc1. The number of aliphatic carboxylic acids is 1. The predicted octanol–water partition coefficient (Wildman–Crippen LogP) is 7.18. The number of carboxylic acid groups (broad SMARTS) is 1. The van der Waals surface area contributed by atoms with Gasteiger partial charge in [0, 0.05) is 17.8 Å². The summed E-state index contributed by atoms with van der Waals surface area (Å²) in [7, 11) is 3.05. The Labute approximate surface area is 298 Å². The van der Waals surface area contributed by atoms with Gasteiger partial charge in [-0.3, -0.25) is 14.4 Å². The van der Waals surface area contributed by atoms with Crippen LogP contribution in [0.4, 0.5) is 5.69 Å². The molecule has 0 heterocycles. The molecule has 0 radical (unpaired) electrons. The fraction of sp³-hybridized carbons (Fsp3) is 0.300. The van der Waals surface area contributed by atoms with Crippen LogP contribution in [0.15, 0.2) is 91.0 Å². The lowest BCUT2D eigenvalue weighted by Gasteiger charge is -2.21. The number of hydrogen-bond donors (Lipinski definition) is 2. The number of nitrogens with one attached hydrogen (secondary N) is 1. The van der Waals surface area contributed by atoms with Crippen molar-refractivity contribution in [3.8, 4) is 23.0 Å². The molecular weight excluding hydrogens is 652 g/mol. The highest BCUT2D eigenvalue weighted by atomic mass is 16.5. The molecule has 0 bridgehead atoms. The van der Waals surface area contributed by atoms with Crippen molar-refractivity contribution in [2.75, 3.05) is 32.7 Å². The third-order valence-electron chi connectivity index (χ3n) is 7.96. The molecule has 2 N–H and O–H groups in total. The zero-order chi connectivity index (χ0) is 36.6. The van der Waals surface area contributed by atoms with Crippen molar-refractivity contribution in [3.05, 3.63) is 113 Å². The second kappa shape index (κ2) is 19.4. The molecule has 0 saturated heterocycles. The first kappa shape index (κ1) is 38.0. The van der Waals surface area contributed by atoms with Gasteiger partial charge >= 0.3 is 11.9 Å². The van der Waals surface area contributed by atoms with Crippen LogP contribution in [0.3, 0.4) is 0 Å². The Bertz CT molecular complexity index is 1750. The van der Waals surface area contributed by atoms with Crippen LogP contribution >= 0.6 is 0 Å². The normalized spacial score (nSPS) is 10.6. The minimum Gasteiger partial charge on any atom is -0.494 e. The van der Waals surface area contributed by atoms with Crippen molar-refractivity contribution in [1.82, 2.24) is 4.90 Å². The predicted molar refractivity (Wildman–Crippen MR) is 193 cm³/mol. The van der Waals surface area contributed by atoms with Gasteiger partial charge in [-0.05, 0) is 90.3 Å². The summed E-state index contributed by atoms with van der Waals surface area (Å²) in [5, 5.41) is 12.3. The number of rotatable bonds is 19. The van der Waals surface area contributed by atoms with E-state index < -0.39 is 24.4 Å². The number of ether oxygens (including phenoxy) is 4. The van der Waals surface area contributed by atoms with Crippen molar-refractivity contribution >= 4 is 29.4 Å². The Morgan fingerprint density at radius 3 is 1.98 bits per heavy atom. The number of carboxylic acids is 1. The van der Waals surface area contributed by atoms with E-state index in [1.54, 1.807) is 78.9 Å². The molecule has 0 spiro atoms. The first-order valence-corrected chi connectivity index (χ1v) is 16.8. The summed E-state index contributed by atoms with van der Waals surface area (Å²) < 4.78 is 21.8. The highest BCUT2D eigenvalue weighted by Gasteiger charge is 2.20. The first-order chi connectivity index (χ1) is 24.7. The van der Waals surface area contributed by atoms with Crippen LogP contribution in [0, 0.1) is 0 Å². The van der Waals surface area contributed by atoms with Crippen LogP contribution in [0.1, 0.15) is 70.9 Å². The molecule has 0 aliphatic heterocycles. The quantitative estimate of drug-likeness (QED) is 0.0593. The number of carbonyl (C=O) groups excluding carboxylic acids is 3. The molecule has 4 rings (SSSR count). The smallest absolute Gasteiger partial charge is 0.343 e. The van der Waals surface area contributed by atoms with Gasteiger partial charge in [-0.1, -0.05) is 50.8 Å². The lowest BCUT2D eigenvalue weighted by molar-refractivity contribution is -0.137. The van der Waals surface area contributed by atoms with Crippen molar-refractivity contribution in [1.29, 1.82) is 0 Å². The van der Waals surface area contributed by atoms with Gasteiger partial charge < -0.3 is 34.3 Å². The summed E-state index contributed by atoms with van der Waals surface area (Å²) >= 11 is 0. The fourth-order valence-electron chi connectivity index (χ4n) is 5.25. The average molecular weight is 697 g/mol. The lowest BCUT2D eigenvalue weighted by Crippen LogP contribution is -2.35. The molecule has 4 aromatic rings. The van der Waals surface area contributed by atoms with Crippen molar-refractivity contribution in [3.63, 3.8) is 0 Å². The molecule has 0 saturated carbocycles. The van der Waals surface area contributed by atoms with E-state index in [1.165, 1.54) is 50.5 Å². The third kappa shape index (κ3) is 11.9. The zero-order valence-electron chi connectivity index (χ0n) is 29.2. The fourth-order valence-corrected chi connectivity index (χ4v) is 5.25. The van der Waals surface area contributed by atoms with Gasteiger partial charge in [0.2, 0.25) is 5.91 Å². The molecule has 0 aliphatic rings. The Morgan fingerprint density at radius 2 is 1.33 bits per heavy atom. The summed E-state index contributed by atoms with van der Waals surface area (Å²) in [5.74, 6) is -0.401. The lowest BCUT2D eigenvalue weighted by atomic mass is 10.1. The van der Waals surface area contributed by atoms with E-state index in [1.807, 2.05) is 0 Å². The summed E-state index contributed by atoms with van der Waals surface area (Å²) in [6.07, 6.45) is 5.83. The standard InChI is InChI=1S/C40H44N2O9/c1-4-5-6-7-8-23-50-33-20-14-31(15-21-33)40(47)51-34-18-9-28(10-19-34)26-42(27-38(44)45)39(46)30-12-16-32(17-13-30)41-37(43)25-29-11-22-35(48-2)36(24-29)49-3/h9-22,24H,4-8,23,25-27H2,1-3H3,(H,41,43)(H,44,45). The van der Waals surface area contributed by atoms with E-state index >= 15 is 0 Å². The molecule has 11 heteroatoms. The summed E-state index contributed by atoms with van der Waals surface area (Å²) in [6, 6.07) is 24.7. The number of methoxy groups -OCH3 is 2. The van der Waals surface area contributed by atoms with E-state index in [0.29, 0.717) is 46.4 Å². The van der Waals surface area contributed by atoms with Crippen LogP contribution in [-0.4, -0.2) is 61.1 Å². The number of unbranched alkanes of at least 4 members (excludes halogenated alkanes) is 4. The van der Waals surface area contributed by atoms with E-state index in [-0.39, 0.29) is 24.4 Å². The Balaban J connectivity index is 1.30. The number of esters is 1. The molecule has 11 nitrogen and oxygen atoms in total. The van der Waals surface area contributed by atoms with Crippen LogP contribution in [-0.2, 0) is 22.6 Å². The summed E-state index contributed by atoms with van der Waals surface area (Å²) in [6.45, 7) is 2.28. The number of hydrogen-bond acceptors (Lipinski definition) is 8. The second-order valence-corrected chi connectivity index (χ2v) is 11.9. The summed E-state index contributed by atoms with van der Waals surface area (Å²) in [5.41, 5.74) is 2.47. The van der Waals surface area contributed by atoms with Gasteiger partial charge in [-0.2, -0.15) is 0 Å². The van der Waals surface area contributed by atoms with E-state index in [4.69, 9.17) is 18.9 Å². The zero-order valence-corrected chi connectivity index (χ0v) is 29.2. The third-order valence-corrected chi connectivity index (χ3v) is 7.96. The van der Waals surface area contributed by atoms with Gasteiger partial charge in [0.05, 0.1) is 32.8 Å². The Hall–Kier alpha value is -5.84. The molecule has 0 fully saturated rings. The average Bonchev–Trinajstić information content (AvgIpc) is 3.13. The van der Waals surface area contributed by atoms with Crippen LogP contribution < -0.4 is 24.3 Å². The van der Waals surface area contributed by atoms with E-state index in [9.17, 15) is 24.3 Å². The van der Waals surface area contributed by atoms with E-state index in [2.05, 4.69) is 12.2 Å². The monoisotopic (exact) mass is 696 g/mol. The Morgan fingerprint density at radius 1 is 0.706 bits per heavy atom. The van der Waals surface area contributed by atoms with Crippen molar-refractivity contribution in [2.45, 2.75) is 52.0 Å². The molecule has 268 valence electrons. The Kier molecular flexibility index (Phi) is 14.4. The van der Waals surface area contributed by atoms with Gasteiger partial charge in [0.25, 0.3) is 5.91 Å². The second-order valence-electron chi connectivity index (χ2n) is 11.9. The van der Waals surface area contributed by atoms with Gasteiger partial charge in [-0.15, -0.1) is 0 Å². The molecule has 4 aromatic carbocycles. The first-order valence-electron chi connectivity index (χ1n) is 16.8. The largest absolute Gasteiger partial charge is 0.494 e. The maximum absolute atomic E-state index is 13.4. The molecule has 0 aliphatic carbocycles. The molecule has 0 unspecified atom stereocenters. The highest BCUT2D eigenvalue weighted by molar-refractivity contribution is 5.97. The number of carbonyl (C=O) groups is 4. The van der Waals surface area contributed by atoms with Crippen molar-refractivity contribution in [2.24, 2.45) is 0 Å². The number of amides is 2. The van der Waals surface area contributed by atoms with Gasteiger partial charge in [0.1, 0.15) is 18.0 Å². The molecule has 0 atom stereocenters. The number of anilines is 1.